The number of aromatic nitrogens is 1. The number of H-pyrrole nitrogens is 1. The summed E-state index contributed by atoms with van der Waals surface area (Å²) in [5.41, 5.74) is 3.87. The highest BCUT2D eigenvalue weighted by atomic mass is 35.5. The van der Waals surface area contributed by atoms with E-state index in [2.05, 4.69) is 4.98 Å². The highest BCUT2D eigenvalue weighted by Gasteiger charge is 2.36. The van der Waals surface area contributed by atoms with Crippen molar-refractivity contribution < 1.29 is 9.53 Å². The molecule has 0 saturated heterocycles. The Labute approximate surface area is 207 Å². The number of carbonyl (C=O) groups is 1. The first-order valence-corrected chi connectivity index (χ1v) is 11.8. The number of pyridine rings is 1. The molecule has 5 rings (SSSR count). The quantitative estimate of drug-likeness (QED) is 0.380. The fraction of sp³-hybridized carbons (Fsp3) is 0.179. The van der Waals surface area contributed by atoms with E-state index < -0.39 is 0 Å². The van der Waals surface area contributed by atoms with E-state index >= 15 is 0 Å². The van der Waals surface area contributed by atoms with Gasteiger partial charge in [0.2, 0.25) is 5.91 Å². The average molecular weight is 486 g/mol. The average Bonchev–Trinajstić information content (AvgIpc) is 3.33. The second-order valence-corrected chi connectivity index (χ2v) is 8.80. The molecular formula is C28H24ClN3O3. The number of nitrogens with one attached hydrogen (secondary N) is 1. The number of aromatic amines is 1. The molecule has 176 valence electrons. The molecule has 1 N–H and O–H groups in total. The number of methoxy groups -OCH3 is 1. The fourth-order valence-electron chi connectivity index (χ4n) is 4.68. The predicted molar refractivity (Wildman–Crippen MR) is 139 cm³/mol. The Hall–Kier alpha value is -3.90. The molecule has 0 spiro atoms. The number of rotatable bonds is 5. The van der Waals surface area contributed by atoms with E-state index in [0.29, 0.717) is 34.0 Å². The number of hydrazone groups is 1. The van der Waals surface area contributed by atoms with Crippen molar-refractivity contribution in [2.45, 2.75) is 25.8 Å². The van der Waals surface area contributed by atoms with Gasteiger partial charge < -0.3 is 9.72 Å². The minimum Gasteiger partial charge on any atom is -0.496 e. The normalized spacial score (nSPS) is 15.3. The lowest BCUT2D eigenvalue weighted by molar-refractivity contribution is -0.132. The number of para-hydroxylation sites is 1. The Morgan fingerprint density at radius 1 is 1.09 bits per heavy atom. The fourth-order valence-corrected chi connectivity index (χ4v) is 4.85. The van der Waals surface area contributed by atoms with Crippen LogP contribution in [0.25, 0.3) is 22.0 Å². The summed E-state index contributed by atoms with van der Waals surface area (Å²) in [6, 6.07) is 22.3. The number of amides is 1. The molecule has 1 atom stereocenters. The van der Waals surface area contributed by atoms with E-state index in [1.165, 1.54) is 5.01 Å². The second kappa shape index (κ2) is 9.39. The molecule has 1 aromatic heterocycles. The Kier molecular flexibility index (Phi) is 6.14. The smallest absolute Gasteiger partial charge is 0.258 e. The van der Waals surface area contributed by atoms with Crippen LogP contribution < -0.4 is 10.3 Å². The van der Waals surface area contributed by atoms with Gasteiger partial charge in [0.25, 0.3) is 5.56 Å². The molecule has 1 unspecified atom stereocenters. The van der Waals surface area contributed by atoms with Gasteiger partial charge in [-0.15, -0.1) is 0 Å². The zero-order valence-electron chi connectivity index (χ0n) is 19.4. The number of carbonyl (C=O) groups excluding carboxylic acids is 1. The number of nitrogens with zero attached hydrogens (tertiary/aromatic N) is 2. The van der Waals surface area contributed by atoms with Crippen LogP contribution in [0.2, 0.25) is 5.02 Å². The summed E-state index contributed by atoms with van der Waals surface area (Å²) in [4.78, 5) is 29.4. The third kappa shape index (κ3) is 4.10. The molecule has 1 aliphatic rings. The van der Waals surface area contributed by atoms with E-state index in [-0.39, 0.29) is 23.9 Å². The number of hydrogen-bond acceptors (Lipinski definition) is 4. The molecule has 35 heavy (non-hydrogen) atoms. The van der Waals surface area contributed by atoms with Crippen molar-refractivity contribution >= 4 is 34.1 Å². The van der Waals surface area contributed by atoms with Gasteiger partial charge in [0, 0.05) is 39.9 Å². The monoisotopic (exact) mass is 485 g/mol. The van der Waals surface area contributed by atoms with Crippen LogP contribution in [-0.4, -0.2) is 28.7 Å². The van der Waals surface area contributed by atoms with Gasteiger partial charge in [0.15, 0.2) is 0 Å². The summed E-state index contributed by atoms with van der Waals surface area (Å²) in [5.74, 6) is 0.544. The van der Waals surface area contributed by atoms with E-state index in [9.17, 15) is 9.59 Å². The second-order valence-electron chi connectivity index (χ2n) is 8.36. The molecular weight excluding hydrogens is 462 g/mol. The minimum absolute atomic E-state index is 0.127. The van der Waals surface area contributed by atoms with E-state index in [4.69, 9.17) is 21.4 Å². The molecule has 0 radical (unpaired) electrons. The largest absolute Gasteiger partial charge is 0.496 e. The summed E-state index contributed by atoms with van der Waals surface area (Å²) in [6.07, 6.45) is 0.665. The van der Waals surface area contributed by atoms with E-state index in [1.807, 2.05) is 60.7 Å². The van der Waals surface area contributed by atoms with Gasteiger partial charge in [-0.05, 0) is 29.8 Å². The summed E-state index contributed by atoms with van der Waals surface area (Å²) in [6.45, 7) is 1.80. The standard InChI is InChI=1S/C28H24ClN3O3/c1-3-25(33)32-23(19-11-7-8-12-24(19)35-2)16-22(31-32)27-26(17-9-5-4-6-10-17)20-15-18(29)13-14-21(20)30-28(27)34/h4-15,23H,3,16H2,1-2H3,(H,30,34). The Morgan fingerprint density at radius 3 is 2.57 bits per heavy atom. The van der Waals surface area contributed by atoms with Crippen molar-refractivity contribution in [1.29, 1.82) is 0 Å². The maximum atomic E-state index is 13.5. The van der Waals surface area contributed by atoms with Crippen molar-refractivity contribution in [2.75, 3.05) is 7.11 Å². The van der Waals surface area contributed by atoms with Gasteiger partial charge >= 0.3 is 0 Å². The first-order valence-electron chi connectivity index (χ1n) is 11.5. The molecule has 0 aliphatic carbocycles. The minimum atomic E-state index is -0.383. The van der Waals surface area contributed by atoms with Gasteiger partial charge in [-0.3, -0.25) is 9.59 Å². The number of hydrogen-bond donors (Lipinski definition) is 1. The highest BCUT2D eigenvalue weighted by Crippen LogP contribution is 2.40. The van der Waals surface area contributed by atoms with Gasteiger partial charge in [-0.2, -0.15) is 5.10 Å². The lowest BCUT2D eigenvalue weighted by Gasteiger charge is -2.23. The van der Waals surface area contributed by atoms with Crippen molar-refractivity contribution in [1.82, 2.24) is 9.99 Å². The first-order chi connectivity index (χ1) is 17.0. The summed E-state index contributed by atoms with van der Waals surface area (Å²) in [7, 11) is 1.60. The summed E-state index contributed by atoms with van der Waals surface area (Å²) in [5, 5.41) is 7.60. The lowest BCUT2D eigenvalue weighted by atomic mass is 9.91. The molecule has 2 heterocycles. The zero-order valence-corrected chi connectivity index (χ0v) is 20.2. The maximum absolute atomic E-state index is 13.5. The first kappa shape index (κ1) is 22.9. The van der Waals surface area contributed by atoms with E-state index in [0.717, 1.165) is 22.1 Å². The van der Waals surface area contributed by atoms with Crippen LogP contribution in [0.4, 0.5) is 0 Å². The number of benzene rings is 3. The molecule has 6 nitrogen and oxygen atoms in total. The molecule has 1 amide bonds. The third-order valence-corrected chi connectivity index (χ3v) is 6.53. The molecule has 0 fully saturated rings. The Morgan fingerprint density at radius 2 is 1.83 bits per heavy atom. The SMILES string of the molecule is CCC(=O)N1N=C(c2c(-c3ccccc3)c3cc(Cl)ccc3[nH]c2=O)CC1c1ccccc1OC. The van der Waals surface area contributed by atoms with Gasteiger partial charge in [-0.25, -0.2) is 5.01 Å². The van der Waals surface area contributed by atoms with Crippen LogP contribution >= 0.6 is 11.6 Å². The zero-order chi connectivity index (χ0) is 24.5. The topological polar surface area (TPSA) is 74.8 Å². The lowest BCUT2D eigenvalue weighted by Crippen LogP contribution is -2.26. The number of halogens is 1. The van der Waals surface area contributed by atoms with Gasteiger partial charge in [0.1, 0.15) is 5.75 Å². The van der Waals surface area contributed by atoms with Crippen LogP contribution in [0.15, 0.2) is 82.7 Å². The Bertz CT molecular complexity index is 1510. The number of ether oxygens (including phenoxy) is 1. The molecule has 0 bridgehead atoms. The summed E-state index contributed by atoms with van der Waals surface area (Å²) < 4.78 is 5.58. The molecule has 1 aliphatic heterocycles. The van der Waals surface area contributed by atoms with Gasteiger partial charge in [0.05, 0.1) is 24.4 Å². The molecule has 4 aromatic rings. The number of fused-ring (bicyclic) bond motifs is 1. The van der Waals surface area contributed by atoms with Gasteiger partial charge in [-0.1, -0.05) is 67.1 Å². The maximum Gasteiger partial charge on any atom is 0.258 e. The van der Waals surface area contributed by atoms with E-state index in [1.54, 1.807) is 26.2 Å². The van der Waals surface area contributed by atoms with Crippen molar-refractivity contribution in [3.63, 3.8) is 0 Å². The van der Waals surface area contributed by atoms with Crippen LogP contribution in [0.5, 0.6) is 5.75 Å². The van der Waals surface area contributed by atoms with Crippen molar-refractivity contribution in [2.24, 2.45) is 5.10 Å². The van der Waals surface area contributed by atoms with Crippen LogP contribution in [0.3, 0.4) is 0 Å². The third-order valence-electron chi connectivity index (χ3n) is 6.29. The van der Waals surface area contributed by atoms with Crippen LogP contribution in [0, 0.1) is 0 Å². The Balaban J connectivity index is 1.75. The van der Waals surface area contributed by atoms with Crippen molar-refractivity contribution in [3.05, 3.63) is 99.3 Å². The molecule has 0 saturated carbocycles. The predicted octanol–water partition coefficient (Wildman–Crippen LogP) is 5.94. The molecule has 3 aromatic carbocycles. The highest BCUT2D eigenvalue weighted by molar-refractivity contribution is 6.31. The van der Waals surface area contributed by atoms with Crippen LogP contribution in [-0.2, 0) is 4.79 Å². The molecule has 7 heteroatoms. The van der Waals surface area contributed by atoms with Crippen LogP contribution in [0.1, 0.15) is 36.9 Å². The van der Waals surface area contributed by atoms with Crippen molar-refractivity contribution in [3.8, 4) is 16.9 Å². The summed E-state index contributed by atoms with van der Waals surface area (Å²) >= 11 is 6.36.